The molecule has 0 unspecified atom stereocenters. The van der Waals surface area contributed by atoms with E-state index >= 15 is 0 Å². The first-order valence-electron chi connectivity index (χ1n) is 7.73. The molecule has 0 spiro atoms. The van der Waals surface area contributed by atoms with Gasteiger partial charge in [-0.1, -0.05) is 17.7 Å². The molecular formula is C18H28N2O3. The Hall–Kier alpha value is -2.04. The van der Waals surface area contributed by atoms with E-state index in [1.807, 2.05) is 59.7 Å². The Labute approximate surface area is 139 Å². The lowest BCUT2D eigenvalue weighted by Gasteiger charge is -2.32. The van der Waals surface area contributed by atoms with Crippen LogP contribution in [0.3, 0.4) is 0 Å². The minimum Gasteiger partial charge on any atom is -0.444 e. The van der Waals surface area contributed by atoms with Crippen molar-refractivity contribution in [2.24, 2.45) is 0 Å². The van der Waals surface area contributed by atoms with Crippen LogP contribution in [0.1, 0.15) is 50.5 Å². The maximum atomic E-state index is 12.5. The molecule has 1 N–H and O–H groups in total. The number of amides is 2. The van der Waals surface area contributed by atoms with Crippen molar-refractivity contribution in [3.05, 3.63) is 35.4 Å². The van der Waals surface area contributed by atoms with Gasteiger partial charge in [-0.3, -0.25) is 4.79 Å². The van der Waals surface area contributed by atoms with Gasteiger partial charge in [-0.15, -0.1) is 0 Å². The van der Waals surface area contributed by atoms with Crippen molar-refractivity contribution >= 4 is 12.0 Å². The number of ether oxygens (including phenoxy) is 1. The minimum absolute atomic E-state index is 0.0761. The first-order valence-corrected chi connectivity index (χ1v) is 7.73. The molecule has 0 fully saturated rings. The zero-order chi connectivity index (χ0) is 17.8. The lowest BCUT2D eigenvalue weighted by atomic mass is 10.0. The van der Waals surface area contributed by atoms with Crippen molar-refractivity contribution in [3.8, 4) is 0 Å². The number of carbonyl (C=O) groups excluding carboxylic acids is 2. The first-order chi connectivity index (χ1) is 10.4. The van der Waals surface area contributed by atoms with Gasteiger partial charge in [0.05, 0.1) is 5.54 Å². The van der Waals surface area contributed by atoms with Gasteiger partial charge in [-0.25, -0.2) is 4.79 Å². The Balaban J connectivity index is 2.69. The topological polar surface area (TPSA) is 58.6 Å². The van der Waals surface area contributed by atoms with Crippen molar-refractivity contribution < 1.29 is 14.3 Å². The third kappa shape index (κ3) is 6.72. The standard InChI is InChI=1S/C18H28N2O3/c1-13-9-8-10-14(11-13)15(21)20(7)12-18(5,6)19-16(22)23-17(2,3)4/h8-11H,12H2,1-7H3,(H,19,22). The molecule has 0 aromatic heterocycles. The Morgan fingerprint density at radius 2 is 1.78 bits per heavy atom. The molecule has 0 heterocycles. The zero-order valence-corrected chi connectivity index (χ0v) is 15.2. The molecule has 5 heteroatoms. The highest BCUT2D eigenvalue weighted by atomic mass is 16.6. The van der Waals surface area contributed by atoms with Crippen LogP contribution in [0.4, 0.5) is 4.79 Å². The molecule has 0 aliphatic heterocycles. The smallest absolute Gasteiger partial charge is 0.408 e. The largest absolute Gasteiger partial charge is 0.444 e. The van der Waals surface area contributed by atoms with Crippen LogP contribution >= 0.6 is 0 Å². The van der Waals surface area contributed by atoms with Gasteiger partial charge in [-0.2, -0.15) is 0 Å². The van der Waals surface area contributed by atoms with Crippen molar-refractivity contribution in [1.82, 2.24) is 10.2 Å². The summed E-state index contributed by atoms with van der Waals surface area (Å²) >= 11 is 0. The SMILES string of the molecule is Cc1cccc(C(=O)N(C)CC(C)(C)NC(=O)OC(C)(C)C)c1. The number of nitrogens with zero attached hydrogens (tertiary/aromatic N) is 1. The van der Waals surface area contributed by atoms with Crippen molar-refractivity contribution in [1.29, 1.82) is 0 Å². The molecule has 0 aliphatic rings. The van der Waals surface area contributed by atoms with E-state index in [0.717, 1.165) is 5.56 Å². The molecule has 5 nitrogen and oxygen atoms in total. The molecule has 0 radical (unpaired) electrons. The Kier molecular flexibility index (Phi) is 5.81. The summed E-state index contributed by atoms with van der Waals surface area (Å²) in [5, 5.41) is 2.81. The molecule has 1 aromatic rings. The highest BCUT2D eigenvalue weighted by molar-refractivity contribution is 5.94. The number of likely N-dealkylation sites (N-methyl/N-ethyl adjacent to an activating group) is 1. The van der Waals surface area contributed by atoms with Crippen LogP contribution in [-0.2, 0) is 4.74 Å². The normalized spacial score (nSPS) is 11.8. The molecule has 0 bridgehead atoms. The van der Waals surface area contributed by atoms with E-state index in [4.69, 9.17) is 4.74 Å². The van der Waals surface area contributed by atoms with Gasteiger partial charge >= 0.3 is 6.09 Å². The van der Waals surface area contributed by atoms with E-state index in [1.165, 1.54) is 0 Å². The summed E-state index contributed by atoms with van der Waals surface area (Å²) in [6, 6.07) is 7.46. The summed E-state index contributed by atoms with van der Waals surface area (Å²) in [5.74, 6) is -0.0761. The van der Waals surface area contributed by atoms with Gasteiger partial charge in [0.1, 0.15) is 5.60 Å². The van der Waals surface area contributed by atoms with Crippen LogP contribution in [0.15, 0.2) is 24.3 Å². The summed E-state index contributed by atoms with van der Waals surface area (Å²) in [4.78, 5) is 26.0. The van der Waals surface area contributed by atoms with E-state index in [1.54, 1.807) is 18.0 Å². The van der Waals surface area contributed by atoms with Crippen LogP contribution < -0.4 is 5.32 Å². The molecule has 1 aromatic carbocycles. The van der Waals surface area contributed by atoms with E-state index in [0.29, 0.717) is 12.1 Å². The fourth-order valence-corrected chi connectivity index (χ4v) is 2.28. The van der Waals surface area contributed by atoms with Crippen LogP contribution in [0.5, 0.6) is 0 Å². The summed E-state index contributed by atoms with van der Waals surface area (Å²) in [7, 11) is 1.73. The highest BCUT2D eigenvalue weighted by Crippen LogP contribution is 2.12. The highest BCUT2D eigenvalue weighted by Gasteiger charge is 2.27. The van der Waals surface area contributed by atoms with Crippen LogP contribution in [0.2, 0.25) is 0 Å². The maximum Gasteiger partial charge on any atom is 0.408 e. The van der Waals surface area contributed by atoms with Crippen LogP contribution in [0.25, 0.3) is 0 Å². The van der Waals surface area contributed by atoms with Crippen molar-refractivity contribution in [2.75, 3.05) is 13.6 Å². The lowest BCUT2D eigenvalue weighted by molar-refractivity contribution is 0.0441. The van der Waals surface area contributed by atoms with Gasteiger partial charge in [-0.05, 0) is 53.7 Å². The number of carbonyl (C=O) groups is 2. The first kappa shape index (κ1) is 19.0. The number of aryl methyl sites for hydroxylation is 1. The summed E-state index contributed by atoms with van der Waals surface area (Å²) < 4.78 is 5.26. The summed E-state index contributed by atoms with van der Waals surface area (Å²) in [6.45, 7) is 11.5. The number of benzene rings is 1. The van der Waals surface area contributed by atoms with Crippen molar-refractivity contribution in [3.63, 3.8) is 0 Å². The average Bonchev–Trinajstić information content (AvgIpc) is 2.33. The Bertz CT molecular complexity index is 574. The predicted molar refractivity (Wildman–Crippen MR) is 91.6 cm³/mol. The van der Waals surface area contributed by atoms with E-state index in [-0.39, 0.29) is 5.91 Å². The summed E-state index contributed by atoms with van der Waals surface area (Å²) in [5.41, 5.74) is 0.524. The Morgan fingerprint density at radius 1 is 1.17 bits per heavy atom. The minimum atomic E-state index is -0.601. The zero-order valence-electron chi connectivity index (χ0n) is 15.2. The Morgan fingerprint density at radius 3 is 2.30 bits per heavy atom. The third-order valence-electron chi connectivity index (χ3n) is 3.08. The van der Waals surface area contributed by atoms with Crippen LogP contribution in [-0.4, -0.2) is 41.6 Å². The molecule has 0 saturated heterocycles. The predicted octanol–water partition coefficient (Wildman–Crippen LogP) is 3.37. The number of rotatable bonds is 4. The van der Waals surface area contributed by atoms with Gasteiger partial charge in [0, 0.05) is 19.2 Å². The third-order valence-corrected chi connectivity index (χ3v) is 3.08. The monoisotopic (exact) mass is 320 g/mol. The van der Waals surface area contributed by atoms with Crippen LogP contribution in [0, 0.1) is 6.92 Å². The molecule has 0 saturated carbocycles. The molecule has 2 amide bonds. The van der Waals surface area contributed by atoms with Gasteiger partial charge in [0.25, 0.3) is 5.91 Å². The van der Waals surface area contributed by atoms with Gasteiger partial charge in [0.15, 0.2) is 0 Å². The lowest BCUT2D eigenvalue weighted by Crippen LogP contribution is -2.52. The number of hydrogen-bond donors (Lipinski definition) is 1. The van der Waals surface area contributed by atoms with E-state index < -0.39 is 17.2 Å². The number of hydrogen-bond acceptors (Lipinski definition) is 3. The number of nitrogens with one attached hydrogen (secondary N) is 1. The second-order valence-electron chi connectivity index (χ2n) is 7.54. The summed E-state index contributed by atoms with van der Waals surface area (Å²) in [6.07, 6.45) is -0.487. The molecular weight excluding hydrogens is 292 g/mol. The molecule has 0 atom stereocenters. The second-order valence-corrected chi connectivity index (χ2v) is 7.54. The fourth-order valence-electron chi connectivity index (χ4n) is 2.28. The van der Waals surface area contributed by atoms with Gasteiger partial charge < -0.3 is 15.0 Å². The van der Waals surface area contributed by atoms with Crippen molar-refractivity contribution in [2.45, 2.75) is 52.7 Å². The van der Waals surface area contributed by atoms with E-state index in [9.17, 15) is 9.59 Å². The molecule has 23 heavy (non-hydrogen) atoms. The second kappa shape index (κ2) is 7.02. The van der Waals surface area contributed by atoms with E-state index in [2.05, 4.69) is 5.32 Å². The van der Waals surface area contributed by atoms with Gasteiger partial charge in [0.2, 0.25) is 0 Å². The molecule has 0 aliphatic carbocycles. The molecule has 1 rings (SSSR count). The maximum absolute atomic E-state index is 12.5. The quantitative estimate of drug-likeness (QED) is 0.925. The fraction of sp³-hybridized carbons (Fsp3) is 0.556. The molecule has 128 valence electrons. The number of alkyl carbamates (subject to hydrolysis) is 1. The average molecular weight is 320 g/mol.